The maximum absolute atomic E-state index is 12.6. The van der Waals surface area contributed by atoms with Gasteiger partial charge in [-0.15, -0.1) is 0 Å². The van der Waals surface area contributed by atoms with Crippen molar-refractivity contribution in [3.05, 3.63) is 11.6 Å². The molecule has 10 heteroatoms. The second kappa shape index (κ2) is 16.4. The molecule has 4 unspecified atom stereocenters. The van der Waals surface area contributed by atoms with Gasteiger partial charge in [0.05, 0.1) is 27.7 Å². The number of allylic oxidation sites excluding steroid dienone is 1. The maximum Gasteiger partial charge on any atom is 0.472 e. The minimum atomic E-state index is -4.15. The number of phosphoric ester groups is 1. The van der Waals surface area contributed by atoms with E-state index in [2.05, 4.69) is 52.9 Å². The predicted molar refractivity (Wildman–Crippen MR) is 187 cm³/mol. The van der Waals surface area contributed by atoms with Crippen LogP contribution in [0.5, 0.6) is 0 Å². The zero-order chi connectivity index (χ0) is 33.9. The molecule has 0 bridgehead atoms. The summed E-state index contributed by atoms with van der Waals surface area (Å²) in [6.45, 7) is 15.5. The Bertz CT molecular complexity index is 1110. The molecule has 0 spiro atoms. The molecule has 0 heterocycles. The van der Waals surface area contributed by atoms with E-state index in [-0.39, 0.29) is 36.8 Å². The number of likely N-dealkylation sites (N-methyl/N-ethyl adjacent to an activating group) is 1. The van der Waals surface area contributed by atoms with Gasteiger partial charge in [-0.05, 0) is 104 Å². The molecule has 0 saturated heterocycles. The number of rotatable bonds is 15. The second-order valence-corrected chi connectivity index (χ2v) is 18.8. The summed E-state index contributed by atoms with van der Waals surface area (Å²) >= 11 is 0. The minimum Gasteiger partial charge on any atom is -0.870 e. The third kappa shape index (κ3) is 9.85. The van der Waals surface area contributed by atoms with Crippen LogP contribution in [0.3, 0.4) is 0 Å². The molecule has 4 aliphatic rings. The van der Waals surface area contributed by atoms with Gasteiger partial charge in [-0.25, -0.2) is 9.36 Å². The van der Waals surface area contributed by atoms with Gasteiger partial charge >= 0.3 is 13.9 Å². The van der Waals surface area contributed by atoms with Gasteiger partial charge in [0.25, 0.3) is 0 Å². The van der Waals surface area contributed by atoms with Crippen molar-refractivity contribution in [2.75, 3.05) is 47.4 Å². The number of hydrogen-bond donors (Lipinski definition) is 2. The first-order valence-electron chi connectivity index (χ1n) is 18.6. The second-order valence-electron chi connectivity index (χ2n) is 17.3. The number of carbonyl (C=O) groups excluding carboxylic acids is 1. The number of phosphoric acid groups is 1. The Hall–Kier alpha value is -0.960. The number of nitrogens with zero attached hydrogens (tertiary/aromatic N) is 1. The van der Waals surface area contributed by atoms with E-state index in [4.69, 9.17) is 13.8 Å². The number of amides is 1. The molecule has 9 nitrogen and oxygen atoms in total. The Labute approximate surface area is 286 Å². The molecule has 3 N–H and O–H groups in total. The molecule has 0 aromatic heterocycles. The number of quaternary nitrogens is 1. The monoisotopic (exact) mass is 684 g/mol. The van der Waals surface area contributed by atoms with Gasteiger partial charge in [0, 0.05) is 13.0 Å². The van der Waals surface area contributed by atoms with E-state index in [1.165, 1.54) is 56.9 Å². The Kier molecular flexibility index (Phi) is 14.1. The van der Waals surface area contributed by atoms with Crippen LogP contribution in [0.2, 0.25) is 0 Å². The van der Waals surface area contributed by atoms with Gasteiger partial charge in [-0.3, -0.25) is 9.05 Å². The van der Waals surface area contributed by atoms with Crippen molar-refractivity contribution >= 4 is 13.9 Å². The summed E-state index contributed by atoms with van der Waals surface area (Å²) in [6.07, 6.45) is 15.4. The van der Waals surface area contributed by atoms with Crippen molar-refractivity contribution in [2.45, 2.75) is 118 Å². The average Bonchev–Trinajstić information content (AvgIpc) is 3.32. The molecule has 0 aliphatic heterocycles. The lowest BCUT2D eigenvalue weighted by Crippen LogP contribution is -2.51. The highest BCUT2D eigenvalue weighted by Crippen LogP contribution is 2.67. The number of fused-ring (bicyclic) bond motifs is 5. The summed E-state index contributed by atoms with van der Waals surface area (Å²) in [6, 6.07) is 0. The fraction of sp³-hybridized carbons (Fsp3) is 0.919. The molecule has 3 saturated carbocycles. The summed E-state index contributed by atoms with van der Waals surface area (Å²) in [5.74, 6) is 5.67. The SMILES string of the molecule is CC[C@H](CC[C@@H](C)[C@H]1CCC2C3CC=C4C[C@@H](OC(=O)NCCOP(=O)(O)OCC[N+](C)(C)C)CC[C@]4(C)C3CC[C@@]21C)C(C)C.[OH-]. The van der Waals surface area contributed by atoms with Crippen molar-refractivity contribution in [2.24, 2.45) is 52.3 Å². The molecule has 1 amide bonds. The first-order chi connectivity index (χ1) is 21.5. The average molecular weight is 685 g/mol. The lowest BCUT2D eigenvalue weighted by molar-refractivity contribution is -0.870. The smallest absolute Gasteiger partial charge is 0.472 e. The van der Waals surface area contributed by atoms with Gasteiger partial charge < -0.3 is 24.9 Å². The van der Waals surface area contributed by atoms with Gasteiger partial charge in [0.15, 0.2) is 0 Å². The molecule has 274 valence electrons. The fourth-order valence-corrected chi connectivity index (χ4v) is 11.1. The number of nitrogens with one attached hydrogen (secondary N) is 1. The van der Waals surface area contributed by atoms with Crippen LogP contribution >= 0.6 is 7.82 Å². The van der Waals surface area contributed by atoms with Crippen LogP contribution in [0.25, 0.3) is 0 Å². The highest BCUT2D eigenvalue weighted by molar-refractivity contribution is 7.47. The Morgan fingerprint density at radius 1 is 1.04 bits per heavy atom. The summed E-state index contributed by atoms with van der Waals surface area (Å²) in [7, 11) is 1.78. The fourth-order valence-electron chi connectivity index (χ4n) is 10.4. The predicted octanol–water partition coefficient (Wildman–Crippen LogP) is 8.42. The van der Waals surface area contributed by atoms with Crippen LogP contribution < -0.4 is 5.32 Å². The first kappa shape index (κ1) is 40.5. The van der Waals surface area contributed by atoms with Gasteiger partial charge in [0.1, 0.15) is 19.3 Å². The third-order valence-corrected chi connectivity index (χ3v) is 14.2. The zero-order valence-electron chi connectivity index (χ0n) is 31.1. The molecular weight excluding hydrogens is 615 g/mol. The van der Waals surface area contributed by atoms with E-state index >= 15 is 0 Å². The highest BCUT2D eigenvalue weighted by Gasteiger charge is 2.59. The Balaban J connectivity index is 0.00000600. The molecule has 47 heavy (non-hydrogen) atoms. The molecule has 3 fully saturated rings. The van der Waals surface area contributed by atoms with Crippen molar-refractivity contribution in [3.63, 3.8) is 0 Å². The molecular formula is C37H69N2O7P. The van der Waals surface area contributed by atoms with Gasteiger partial charge in [-0.1, -0.05) is 66.0 Å². The van der Waals surface area contributed by atoms with Gasteiger partial charge in [0.2, 0.25) is 0 Å². The van der Waals surface area contributed by atoms with E-state index in [0.29, 0.717) is 16.4 Å². The minimum absolute atomic E-state index is 0. The molecule has 0 aromatic rings. The topological polar surface area (TPSA) is 124 Å². The standard InChI is InChI=1S/C37H67N2O6P.H2O/c1-10-28(26(2)3)12-11-27(4)32-15-16-33-31-14-13-29-25-30(17-19-36(29,5)34(31)18-20-37(32,33)6)45-35(40)38-21-23-43-46(41,42)44-24-22-39(7,8)9;/h13,26-28,30-34H,10-12,14-25H2,1-9H3,(H-,38,40,41,42);1H2/t27-,28-,30+,31?,32-,33?,34?,36+,37-;/m1./s1. The lowest BCUT2D eigenvalue weighted by atomic mass is 9.47. The van der Waals surface area contributed by atoms with Crippen LogP contribution in [0, 0.1) is 52.3 Å². The summed E-state index contributed by atoms with van der Waals surface area (Å²) in [5, 5.41) is 2.68. The number of hydrogen-bond acceptors (Lipinski definition) is 6. The quantitative estimate of drug-likeness (QED) is 0.0768. The van der Waals surface area contributed by atoms with Crippen LogP contribution in [0.4, 0.5) is 4.79 Å². The number of carbonyl (C=O) groups is 1. The molecule has 4 rings (SSSR count). The van der Waals surface area contributed by atoms with Crippen molar-refractivity contribution in [3.8, 4) is 0 Å². The Morgan fingerprint density at radius 3 is 2.40 bits per heavy atom. The Morgan fingerprint density at radius 2 is 1.74 bits per heavy atom. The van der Waals surface area contributed by atoms with Gasteiger partial charge in [-0.2, -0.15) is 0 Å². The van der Waals surface area contributed by atoms with Crippen molar-refractivity contribution in [1.82, 2.24) is 5.32 Å². The van der Waals surface area contributed by atoms with E-state index in [1.807, 2.05) is 21.1 Å². The molecule has 4 aliphatic carbocycles. The van der Waals surface area contributed by atoms with Crippen LogP contribution in [-0.4, -0.2) is 74.5 Å². The molecule has 0 aromatic carbocycles. The molecule has 10 atom stereocenters. The largest absolute Gasteiger partial charge is 0.870 e. The third-order valence-electron chi connectivity index (χ3n) is 13.2. The molecule has 0 radical (unpaired) electrons. The maximum atomic E-state index is 12.6. The van der Waals surface area contributed by atoms with Crippen molar-refractivity contribution in [1.29, 1.82) is 0 Å². The summed E-state index contributed by atoms with van der Waals surface area (Å²) < 4.78 is 28.6. The summed E-state index contributed by atoms with van der Waals surface area (Å²) in [5.41, 5.74) is 2.18. The zero-order valence-corrected chi connectivity index (χ0v) is 32.0. The number of ether oxygens (including phenoxy) is 1. The van der Waals surface area contributed by atoms with Crippen LogP contribution in [-0.2, 0) is 18.3 Å². The highest BCUT2D eigenvalue weighted by atomic mass is 31.2. The first-order valence-corrected chi connectivity index (χ1v) is 20.0. The van der Waals surface area contributed by atoms with E-state index in [1.54, 1.807) is 0 Å². The number of alkyl carbamates (subject to hydrolysis) is 1. The summed E-state index contributed by atoms with van der Waals surface area (Å²) in [4.78, 5) is 22.5. The van der Waals surface area contributed by atoms with Crippen LogP contribution in [0.15, 0.2) is 11.6 Å². The lowest BCUT2D eigenvalue weighted by Gasteiger charge is -2.58. The normalized spacial score (nSPS) is 34.5. The van der Waals surface area contributed by atoms with Crippen LogP contribution in [0.1, 0.15) is 112 Å². The van der Waals surface area contributed by atoms with Crippen molar-refractivity contribution < 1.29 is 38.0 Å². The van der Waals surface area contributed by atoms with E-state index < -0.39 is 13.9 Å². The van der Waals surface area contributed by atoms with E-state index in [9.17, 15) is 14.3 Å². The van der Waals surface area contributed by atoms with E-state index in [0.717, 1.165) is 60.7 Å².